The number of hydrogen-bond acceptors (Lipinski definition) is 2. The number of hydrogen-bond donors (Lipinski definition) is 0. The minimum atomic E-state index is -0.374. The molecule has 0 aliphatic rings. The van der Waals surface area contributed by atoms with Crippen LogP contribution in [0.1, 0.15) is 17.3 Å². The number of fused-ring (bicyclic) bond motifs is 1. The SMILES string of the molecule is CCn1ccc2cc(C(=O)OBr)ccc21. The van der Waals surface area contributed by atoms with E-state index >= 15 is 0 Å². The first-order chi connectivity index (χ1) is 7.26. The van der Waals surface area contributed by atoms with Crippen LogP contribution in [0, 0.1) is 0 Å². The van der Waals surface area contributed by atoms with Gasteiger partial charge in [0.25, 0.3) is 0 Å². The van der Waals surface area contributed by atoms with Crippen LogP contribution in [0.4, 0.5) is 0 Å². The number of aryl methyl sites for hydroxylation is 1. The molecule has 1 aromatic heterocycles. The van der Waals surface area contributed by atoms with Crippen LogP contribution in [-0.2, 0) is 10.4 Å². The van der Waals surface area contributed by atoms with Gasteiger partial charge in [-0.2, -0.15) is 0 Å². The maximum Gasteiger partial charge on any atom is 0.349 e. The molecule has 0 spiro atoms. The number of carbonyl (C=O) groups excluding carboxylic acids is 1. The van der Waals surface area contributed by atoms with Crippen molar-refractivity contribution in [3.8, 4) is 0 Å². The van der Waals surface area contributed by atoms with Gasteiger partial charge in [-0.25, -0.2) is 4.79 Å². The van der Waals surface area contributed by atoms with Gasteiger partial charge in [-0.1, -0.05) is 0 Å². The Morgan fingerprint density at radius 3 is 2.93 bits per heavy atom. The lowest BCUT2D eigenvalue weighted by atomic mass is 10.1. The topological polar surface area (TPSA) is 31.2 Å². The Kier molecular flexibility index (Phi) is 2.77. The van der Waals surface area contributed by atoms with Gasteiger partial charge in [0.15, 0.2) is 16.3 Å². The molecule has 0 unspecified atom stereocenters. The van der Waals surface area contributed by atoms with Gasteiger partial charge in [0, 0.05) is 23.6 Å². The molecule has 0 bridgehead atoms. The molecule has 0 saturated heterocycles. The minimum absolute atomic E-state index is 0.374. The van der Waals surface area contributed by atoms with Crippen LogP contribution in [0.25, 0.3) is 10.9 Å². The van der Waals surface area contributed by atoms with Crippen molar-refractivity contribution in [3.63, 3.8) is 0 Å². The third kappa shape index (κ3) is 1.77. The summed E-state index contributed by atoms with van der Waals surface area (Å²) in [5.41, 5.74) is 1.68. The van der Waals surface area contributed by atoms with E-state index in [9.17, 15) is 4.79 Å². The lowest BCUT2D eigenvalue weighted by molar-refractivity contribution is 0.0782. The molecular weight excluding hydrogens is 258 g/mol. The molecule has 15 heavy (non-hydrogen) atoms. The third-order valence-corrected chi connectivity index (χ3v) is 2.71. The van der Waals surface area contributed by atoms with Crippen LogP contribution >= 0.6 is 16.3 Å². The highest BCUT2D eigenvalue weighted by Gasteiger charge is 2.08. The summed E-state index contributed by atoms with van der Waals surface area (Å²) in [6.07, 6.45) is 2.01. The number of halogens is 1. The van der Waals surface area contributed by atoms with Crippen molar-refractivity contribution in [2.75, 3.05) is 0 Å². The molecule has 0 amide bonds. The van der Waals surface area contributed by atoms with Gasteiger partial charge in [0.05, 0.1) is 5.56 Å². The van der Waals surface area contributed by atoms with E-state index < -0.39 is 0 Å². The predicted octanol–water partition coefficient (Wildman–Crippen LogP) is 3.13. The quantitative estimate of drug-likeness (QED) is 0.837. The van der Waals surface area contributed by atoms with Crippen LogP contribution in [0.2, 0.25) is 0 Å². The van der Waals surface area contributed by atoms with E-state index in [1.54, 1.807) is 6.07 Å². The fraction of sp³-hybridized carbons (Fsp3) is 0.182. The van der Waals surface area contributed by atoms with E-state index in [1.165, 1.54) is 0 Å². The fourth-order valence-corrected chi connectivity index (χ4v) is 1.83. The molecule has 0 radical (unpaired) electrons. The molecule has 4 heteroatoms. The summed E-state index contributed by atoms with van der Waals surface area (Å²) >= 11 is 2.68. The summed E-state index contributed by atoms with van der Waals surface area (Å²) < 4.78 is 6.61. The van der Waals surface area contributed by atoms with Crippen molar-refractivity contribution < 1.29 is 8.62 Å². The van der Waals surface area contributed by atoms with E-state index in [4.69, 9.17) is 0 Å². The van der Waals surface area contributed by atoms with Crippen LogP contribution in [0.15, 0.2) is 30.5 Å². The van der Waals surface area contributed by atoms with Crippen LogP contribution in [-0.4, -0.2) is 10.5 Å². The van der Waals surface area contributed by atoms with Gasteiger partial charge < -0.3 is 8.40 Å². The van der Waals surface area contributed by atoms with E-state index in [0.717, 1.165) is 17.4 Å². The minimum Gasteiger partial charge on any atom is -0.380 e. The van der Waals surface area contributed by atoms with Gasteiger partial charge in [-0.05, 0) is 31.2 Å². The monoisotopic (exact) mass is 267 g/mol. The standard InChI is InChI=1S/C11H10BrNO2/c1-2-13-6-5-8-7-9(11(14)15-12)3-4-10(8)13/h3-7H,2H2,1H3. The van der Waals surface area contributed by atoms with Crippen molar-refractivity contribution in [2.45, 2.75) is 13.5 Å². The van der Waals surface area contributed by atoms with E-state index in [1.807, 2.05) is 24.4 Å². The molecule has 0 fully saturated rings. The Bertz CT molecular complexity index is 504. The Morgan fingerprint density at radius 2 is 2.27 bits per heavy atom. The summed E-state index contributed by atoms with van der Waals surface area (Å²) in [7, 11) is 0. The zero-order valence-corrected chi connectivity index (χ0v) is 9.82. The Labute approximate surface area is 96.1 Å². The fourth-order valence-electron chi connectivity index (χ4n) is 1.65. The van der Waals surface area contributed by atoms with Crippen molar-refractivity contribution in [3.05, 3.63) is 36.0 Å². The second-order valence-electron chi connectivity index (χ2n) is 3.24. The Hall–Kier alpha value is -1.29. The lowest BCUT2D eigenvalue weighted by Gasteiger charge is -2.01. The maximum absolute atomic E-state index is 11.3. The molecule has 0 atom stereocenters. The number of nitrogens with zero attached hydrogens (tertiary/aromatic N) is 1. The van der Waals surface area contributed by atoms with Crippen LogP contribution in [0.3, 0.4) is 0 Å². The second-order valence-corrected chi connectivity index (χ2v) is 3.56. The highest BCUT2D eigenvalue weighted by atomic mass is 79.9. The zero-order chi connectivity index (χ0) is 10.8. The van der Waals surface area contributed by atoms with Gasteiger partial charge in [0.1, 0.15) is 0 Å². The average molecular weight is 268 g/mol. The van der Waals surface area contributed by atoms with Crippen LogP contribution in [0.5, 0.6) is 0 Å². The number of aromatic nitrogens is 1. The van der Waals surface area contributed by atoms with E-state index in [0.29, 0.717) is 5.56 Å². The van der Waals surface area contributed by atoms with Crippen molar-refractivity contribution in [2.24, 2.45) is 0 Å². The predicted molar refractivity (Wildman–Crippen MR) is 62.0 cm³/mol. The first-order valence-corrected chi connectivity index (χ1v) is 5.33. The average Bonchev–Trinajstić information content (AvgIpc) is 2.69. The maximum atomic E-state index is 11.3. The largest absolute Gasteiger partial charge is 0.380 e. The molecule has 0 aliphatic heterocycles. The number of carbonyl (C=O) groups is 1. The summed E-state index contributed by atoms with van der Waals surface area (Å²) in [5, 5.41) is 1.05. The molecule has 1 heterocycles. The highest BCUT2D eigenvalue weighted by Crippen LogP contribution is 2.18. The number of benzene rings is 1. The van der Waals surface area contributed by atoms with Gasteiger partial charge in [-0.15, -0.1) is 0 Å². The third-order valence-electron chi connectivity index (χ3n) is 2.42. The van der Waals surface area contributed by atoms with Gasteiger partial charge >= 0.3 is 5.97 Å². The second kappa shape index (κ2) is 4.06. The first-order valence-electron chi connectivity index (χ1n) is 4.68. The molecule has 78 valence electrons. The van der Waals surface area contributed by atoms with Crippen LogP contribution < -0.4 is 0 Å². The van der Waals surface area contributed by atoms with Gasteiger partial charge in [-0.3, -0.25) is 0 Å². The summed E-state index contributed by atoms with van der Waals surface area (Å²) in [4.78, 5) is 11.3. The zero-order valence-electron chi connectivity index (χ0n) is 8.24. The molecule has 0 saturated carbocycles. The van der Waals surface area contributed by atoms with Crippen molar-refractivity contribution >= 4 is 33.1 Å². The first kappa shape index (κ1) is 10.2. The molecule has 2 aromatic rings. The van der Waals surface area contributed by atoms with Crippen molar-refractivity contribution in [1.29, 1.82) is 0 Å². The Morgan fingerprint density at radius 1 is 1.47 bits per heavy atom. The smallest absolute Gasteiger partial charge is 0.349 e. The molecule has 0 aliphatic carbocycles. The van der Waals surface area contributed by atoms with E-state index in [-0.39, 0.29) is 5.97 Å². The molecule has 0 N–H and O–H groups in total. The summed E-state index contributed by atoms with van der Waals surface area (Å²) in [5.74, 6) is -0.374. The lowest BCUT2D eigenvalue weighted by Crippen LogP contribution is -1.97. The molecule has 2 rings (SSSR count). The Balaban J connectivity index is 2.53. The molecule has 3 nitrogen and oxygen atoms in total. The van der Waals surface area contributed by atoms with Crippen molar-refractivity contribution in [1.82, 2.24) is 4.57 Å². The van der Waals surface area contributed by atoms with E-state index in [2.05, 4.69) is 31.6 Å². The summed E-state index contributed by atoms with van der Waals surface area (Å²) in [6.45, 7) is 3.01. The normalized spacial score (nSPS) is 10.5. The van der Waals surface area contributed by atoms with Gasteiger partial charge in [0.2, 0.25) is 0 Å². The summed E-state index contributed by atoms with van der Waals surface area (Å²) in [6, 6.07) is 7.51. The highest BCUT2D eigenvalue weighted by molar-refractivity contribution is 9.06. The molecular formula is C11H10BrNO2. The molecule has 1 aromatic carbocycles. The number of rotatable bonds is 2.